The van der Waals surface area contributed by atoms with E-state index in [9.17, 15) is 19.5 Å². The number of carbonyl (C=O) groups is 3. The summed E-state index contributed by atoms with van der Waals surface area (Å²) in [6.07, 6.45) is 1.71. The lowest BCUT2D eigenvalue weighted by Crippen LogP contribution is -2.41. The van der Waals surface area contributed by atoms with Crippen LogP contribution >= 0.6 is 11.6 Å². The second kappa shape index (κ2) is 9.32. The van der Waals surface area contributed by atoms with Gasteiger partial charge in [-0.2, -0.15) is 0 Å². The van der Waals surface area contributed by atoms with Crippen LogP contribution in [0.1, 0.15) is 46.5 Å². The smallest absolute Gasteiger partial charge is 0.326 e. The third-order valence-electron chi connectivity index (χ3n) is 4.04. The number of halogens is 1. The van der Waals surface area contributed by atoms with Crippen LogP contribution in [0, 0.1) is 12.8 Å². The SMILES string of the molecule is Cc1cc(C(=O)NC(CC(C)C)C(=O)O)ccc1NC(=O)c1ccc(Cl)nc1. The number of pyridine rings is 1. The van der Waals surface area contributed by atoms with Gasteiger partial charge >= 0.3 is 5.97 Å². The number of amides is 2. The molecule has 0 aliphatic heterocycles. The standard InChI is InChI=1S/C20H22ClN3O4/c1-11(2)8-16(20(27)28)24-18(25)13-4-6-15(12(3)9-13)23-19(26)14-5-7-17(21)22-10-14/h4-7,9-11,16H,8H2,1-3H3,(H,23,26)(H,24,25)(H,27,28). The van der Waals surface area contributed by atoms with E-state index in [2.05, 4.69) is 15.6 Å². The molecule has 1 unspecified atom stereocenters. The summed E-state index contributed by atoms with van der Waals surface area (Å²) in [5.41, 5.74) is 1.87. The third-order valence-corrected chi connectivity index (χ3v) is 4.26. The average molecular weight is 404 g/mol. The number of carbonyl (C=O) groups excluding carboxylic acids is 2. The molecule has 3 N–H and O–H groups in total. The zero-order valence-corrected chi connectivity index (χ0v) is 16.6. The molecule has 0 radical (unpaired) electrons. The van der Waals surface area contributed by atoms with Crippen LogP contribution < -0.4 is 10.6 Å². The van der Waals surface area contributed by atoms with Crippen molar-refractivity contribution in [1.29, 1.82) is 0 Å². The molecule has 2 amide bonds. The van der Waals surface area contributed by atoms with Crippen molar-refractivity contribution in [2.45, 2.75) is 33.2 Å². The van der Waals surface area contributed by atoms with Crippen LogP contribution in [-0.4, -0.2) is 33.9 Å². The van der Waals surface area contributed by atoms with Crippen LogP contribution in [-0.2, 0) is 4.79 Å². The lowest BCUT2D eigenvalue weighted by Gasteiger charge is -2.17. The molecular formula is C20H22ClN3O4. The van der Waals surface area contributed by atoms with Crippen molar-refractivity contribution in [3.8, 4) is 0 Å². The normalized spacial score (nSPS) is 11.8. The number of nitrogens with one attached hydrogen (secondary N) is 2. The van der Waals surface area contributed by atoms with E-state index in [1.807, 2.05) is 13.8 Å². The molecule has 7 nitrogen and oxygen atoms in total. The number of aryl methyl sites for hydroxylation is 1. The van der Waals surface area contributed by atoms with Gasteiger partial charge in [-0.15, -0.1) is 0 Å². The van der Waals surface area contributed by atoms with Crippen molar-refractivity contribution >= 4 is 35.1 Å². The number of carboxylic acid groups (broad SMARTS) is 1. The Labute approximate surface area is 168 Å². The minimum Gasteiger partial charge on any atom is -0.480 e. The maximum absolute atomic E-state index is 12.4. The summed E-state index contributed by atoms with van der Waals surface area (Å²) in [4.78, 5) is 39.9. The molecule has 148 valence electrons. The zero-order valence-electron chi connectivity index (χ0n) is 15.8. The molecule has 0 aliphatic rings. The molecule has 0 bridgehead atoms. The zero-order chi connectivity index (χ0) is 20.8. The number of aliphatic carboxylic acids is 1. The van der Waals surface area contributed by atoms with Gasteiger partial charge in [0.1, 0.15) is 11.2 Å². The van der Waals surface area contributed by atoms with Gasteiger partial charge in [-0.25, -0.2) is 9.78 Å². The first-order chi connectivity index (χ1) is 13.2. The van der Waals surface area contributed by atoms with Crippen molar-refractivity contribution in [3.63, 3.8) is 0 Å². The molecular weight excluding hydrogens is 382 g/mol. The molecule has 1 aromatic carbocycles. The monoisotopic (exact) mass is 403 g/mol. The first-order valence-electron chi connectivity index (χ1n) is 8.74. The predicted octanol–water partition coefficient (Wildman–Crippen LogP) is 3.52. The molecule has 0 fully saturated rings. The van der Waals surface area contributed by atoms with Crippen LogP contribution in [0.15, 0.2) is 36.5 Å². The van der Waals surface area contributed by atoms with Crippen LogP contribution in [0.25, 0.3) is 0 Å². The lowest BCUT2D eigenvalue weighted by molar-refractivity contribution is -0.139. The van der Waals surface area contributed by atoms with E-state index < -0.39 is 17.9 Å². The highest BCUT2D eigenvalue weighted by atomic mass is 35.5. The Morgan fingerprint density at radius 3 is 2.32 bits per heavy atom. The molecule has 1 atom stereocenters. The molecule has 2 aromatic rings. The van der Waals surface area contributed by atoms with Gasteiger partial charge in [0.05, 0.1) is 5.56 Å². The molecule has 1 aromatic heterocycles. The molecule has 1 heterocycles. The van der Waals surface area contributed by atoms with Gasteiger partial charge in [0.25, 0.3) is 11.8 Å². The molecule has 0 spiro atoms. The summed E-state index contributed by atoms with van der Waals surface area (Å²) >= 11 is 5.71. The molecule has 2 rings (SSSR count). The predicted molar refractivity (Wildman–Crippen MR) is 107 cm³/mol. The quantitative estimate of drug-likeness (QED) is 0.613. The fourth-order valence-corrected chi connectivity index (χ4v) is 2.70. The van der Waals surface area contributed by atoms with Crippen molar-refractivity contribution in [2.24, 2.45) is 5.92 Å². The second-order valence-electron chi connectivity index (χ2n) is 6.85. The number of aromatic nitrogens is 1. The first-order valence-corrected chi connectivity index (χ1v) is 9.12. The fraction of sp³-hybridized carbons (Fsp3) is 0.300. The summed E-state index contributed by atoms with van der Waals surface area (Å²) in [5.74, 6) is -1.77. The van der Waals surface area contributed by atoms with Crippen LogP contribution in [0.2, 0.25) is 5.15 Å². The maximum atomic E-state index is 12.4. The number of hydrogen-bond donors (Lipinski definition) is 3. The van der Waals surface area contributed by atoms with Gasteiger partial charge < -0.3 is 15.7 Å². The minimum atomic E-state index is -1.07. The second-order valence-corrected chi connectivity index (χ2v) is 7.23. The van der Waals surface area contributed by atoms with Crippen molar-refractivity contribution in [2.75, 3.05) is 5.32 Å². The highest BCUT2D eigenvalue weighted by Crippen LogP contribution is 2.18. The van der Waals surface area contributed by atoms with Crippen molar-refractivity contribution in [3.05, 3.63) is 58.4 Å². The van der Waals surface area contributed by atoms with Gasteiger partial charge in [-0.3, -0.25) is 9.59 Å². The summed E-state index contributed by atoms with van der Waals surface area (Å²) in [6, 6.07) is 6.86. The number of carboxylic acids is 1. The highest BCUT2D eigenvalue weighted by Gasteiger charge is 2.22. The van der Waals surface area contributed by atoms with E-state index >= 15 is 0 Å². The van der Waals surface area contributed by atoms with E-state index in [4.69, 9.17) is 11.6 Å². The van der Waals surface area contributed by atoms with E-state index in [-0.39, 0.29) is 11.8 Å². The van der Waals surface area contributed by atoms with E-state index in [0.29, 0.717) is 34.0 Å². The van der Waals surface area contributed by atoms with Crippen LogP contribution in [0.3, 0.4) is 0 Å². The highest BCUT2D eigenvalue weighted by molar-refractivity contribution is 6.29. The van der Waals surface area contributed by atoms with Gasteiger partial charge in [0.2, 0.25) is 0 Å². The Bertz CT molecular complexity index is 882. The van der Waals surface area contributed by atoms with Crippen molar-refractivity contribution < 1.29 is 19.5 Å². The van der Waals surface area contributed by atoms with Crippen LogP contribution in [0.5, 0.6) is 0 Å². The summed E-state index contributed by atoms with van der Waals surface area (Å²) in [7, 11) is 0. The minimum absolute atomic E-state index is 0.128. The summed E-state index contributed by atoms with van der Waals surface area (Å²) in [5, 5.41) is 14.8. The van der Waals surface area contributed by atoms with Gasteiger partial charge in [-0.1, -0.05) is 25.4 Å². The topological polar surface area (TPSA) is 108 Å². The Kier molecular flexibility index (Phi) is 7.12. The van der Waals surface area contributed by atoms with E-state index in [1.54, 1.807) is 25.1 Å². The summed E-state index contributed by atoms with van der Waals surface area (Å²) in [6.45, 7) is 5.52. The first kappa shape index (κ1) is 21.4. The maximum Gasteiger partial charge on any atom is 0.326 e. The molecule has 0 aliphatic carbocycles. The van der Waals surface area contributed by atoms with Gasteiger partial charge in [0, 0.05) is 17.4 Å². The number of nitrogens with zero attached hydrogens (tertiary/aromatic N) is 1. The number of benzene rings is 1. The Morgan fingerprint density at radius 2 is 1.79 bits per heavy atom. The third kappa shape index (κ3) is 5.79. The molecule has 8 heteroatoms. The fourth-order valence-electron chi connectivity index (χ4n) is 2.58. The Morgan fingerprint density at radius 1 is 1.11 bits per heavy atom. The van der Waals surface area contributed by atoms with Gasteiger partial charge in [0.15, 0.2) is 0 Å². The van der Waals surface area contributed by atoms with E-state index in [1.165, 1.54) is 18.3 Å². The Balaban J connectivity index is 2.10. The largest absolute Gasteiger partial charge is 0.480 e. The number of anilines is 1. The molecule has 28 heavy (non-hydrogen) atoms. The van der Waals surface area contributed by atoms with E-state index in [0.717, 1.165) is 0 Å². The Hall–Kier alpha value is -2.93. The van der Waals surface area contributed by atoms with Crippen molar-refractivity contribution in [1.82, 2.24) is 10.3 Å². The van der Waals surface area contributed by atoms with Gasteiger partial charge in [-0.05, 0) is 55.2 Å². The summed E-state index contributed by atoms with van der Waals surface area (Å²) < 4.78 is 0. The van der Waals surface area contributed by atoms with Crippen LogP contribution in [0.4, 0.5) is 5.69 Å². The lowest BCUT2D eigenvalue weighted by atomic mass is 10.0. The average Bonchev–Trinajstić information content (AvgIpc) is 2.62. The molecule has 0 saturated heterocycles. The number of rotatable bonds is 7. The molecule has 0 saturated carbocycles. The number of hydrogen-bond acceptors (Lipinski definition) is 4.